The first-order valence-electron chi connectivity index (χ1n) is 10.6. The number of anilines is 1. The second-order valence-electron chi connectivity index (χ2n) is 8.14. The van der Waals surface area contributed by atoms with Crippen LogP contribution in [0.2, 0.25) is 0 Å². The van der Waals surface area contributed by atoms with Crippen molar-refractivity contribution in [3.63, 3.8) is 0 Å². The first-order valence-corrected chi connectivity index (χ1v) is 11.8. The van der Waals surface area contributed by atoms with Crippen LogP contribution in [0.5, 0.6) is 0 Å². The number of thioether (sulfide) groups is 1. The number of hydrogen-bond donors (Lipinski definition) is 0. The molecule has 8 heteroatoms. The highest BCUT2D eigenvalue weighted by Gasteiger charge is 2.33. The molecule has 2 unspecified atom stereocenters. The van der Waals surface area contributed by atoms with Crippen molar-refractivity contribution in [3.8, 4) is 0 Å². The van der Waals surface area contributed by atoms with Crippen molar-refractivity contribution in [2.75, 3.05) is 24.5 Å². The molecule has 164 valence electrons. The van der Waals surface area contributed by atoms with Gasteiger partial charge in [-0.2, -0.15) is 0 Å². The van der Waals surface area contributed by atoms with Crippen molar-refractivity contribution < 1.29 is 9.53 Å². The number of aromatic nitrogens is 1. The van der Waals surface area contributed by atoms with Gasteiger partial charge in [-0.3, -0.25) is 14.5 Å². The maximum Gasteiger partial charge on any atom is 0.266 e. The molecule has 0 aliphatic carbocycles. The number of para-hydroxylation sites is 1. The average molecular weight is 458 g/mol. The van der Waals surface area contributed by atoms with Gasteiger partial charge in [-0.1, -0.05) is 49.1 Å². The summed E-state index contributed by atoms with van der Waals surface area (Å²) in [6, 6.07) is 7.91. The number of nitrogens with zero attached hydrogens (tertiary/aromatic N) is 3. The maximum absolute atomic E-state index is 13.5. The fourth-order valence-electron chi connectivity index (χ4n) is 4.38. The van der Waals surface area contributed by atoms with E-state index in [-0.39, 0.29) is 23.7 Å². The Morgan fingerprint density at radius 1 is 1.19 bits per heavy atom. The lowest BCUT2D eigenvalue weighted by molar-refractivity contribution is -0.122. The number of amides is 1. The molecule has 2 saturated heterocycles. The van der Waals surface area contributed by atoms with Crippen molar-refractivity contribution in [2.24, 2.45) is 7.05 Å². The summed E-state index contributed by atoms with van der Waals surface area (Å²) in [5.41, 5.74) is 2.13. The summed E-state index contributed by atoms with van der Waals surface area (Å²) in [6.07, 6.45) is 2.65. The van der Waals surface area contributed by atoms with Gasteiger partial charge in [0.1, 0.15) is 4.32 Å². The highest BCUT2D eigenvalue weighted by molar-refractivity contribution is 8.26. The van der Waals surface area contributed by atoms with E-state index in [1.807, 2.05) is 45.0 Å². The molecule has 0 saturated carbocycles. The quantitative estimate of drug-likeness (QED) is 0.515. The van der Waals surface area contributed by atoms with Gasteiger partial charge in [0.05, 0.1) is 33.9 Å². The van der Waals surface area contributed by atoms with Crippen LogP contribution in [0.15, 0.2) is 34.0 Å². The van der Waals surface area contributed by atoms with E-state index >= 15 is 0 Å². The van der Waals surface area contributed by atoms with Crippen LogP contribution in [0.4, 0.5) is 5.69 Å². The molecular weight excluding hydrogens is 430 g/mol. The summed E-state index contributed by atoms with van der Waals surface area (Å²) in [6.45, 7) is 8.05. The zero-order valence-electron chi connectivity index (χ0n) is 18.3. The molecule has 4 rings (SSSR count). The van der Waals surface area contributed by atoms with E-state index in [9.17, 15) is 9.59 Å². The van der Waals surface area contributed by atoms with Crippen LogP contribution in [0.1, 0.15) is 32.8 Å². The van der Waals surface area contributed by atoms with Gasteiger partial charge in [0.15, 0.2) is 0 Å². The largest absolute Gasteiger partial charge is 0.372 e. The monoisotopic (exact) mass is 457 g/mol. The van der Waals surface area contributed by atoms with Gasteiger partial charge in [0, 0.05) is 32.1 Å². The van der Waals surface area contributed by atoms with E-state index in [1.165, 1.54) is 11.8 Å². The second-order valence-corrected chi connectivity index (χ2v) is 9.82. The van der Waals surface area contributed by atoms with Gasteiger partial charge in [-0.15, -0.1) is 0 Å². The van der Waals surface area contributed by atoms with Crippen LogP contribution in [-0.2, 0) is 16.6 Å². The summed E-state index contributed by atoms with van der Waals surface area (Å²) in [4.78, 5) is 30.8. The lowest BCUT2D eigenvalue weighted by atomic mass is 10.0. The maximum atomic E-state index is 13.5. The normalized spacial score (nSPS) is 23.4. The minimum Gasteiger partial charge on any atom is -0.372 e. The first-order chi connectivity index (χ1) is 14.8. The zero-order chi connectivity index (χ0) is 22.3. The fraction of sp³-hybridized carbons (Fsp3) is 0.435. The SMILES string of the molecule is CCCN1C(=O)C(=Cc2c(N3CC(C)OC(C)C3)c3ccccc3n(C)c2=O)SC1=S. The molecule has 2 fully saturated rings. The molecule has 0 N–H and O–H groups in total. The van der Waals surface area contributed by atoms with Crippen LogP contribution < -0.4 is 10.5 Å². The second kappa shape index (κ2) is 8.76. The topological polar surface area (TPSA) is 54.8 Å². The molecule has 2 aliphatic heterocycles. The molecule has 1 amide bonds. The number of pyridine rings is 1. The number of carbonyl (C=O) groups is 1. The molecule has 2 aromatic rings. The van der Waals surface area contributed by atoms with E-state index in [4.69, 9.17) is 17.0 Å². The Kier molecular flexibility index (Phi) is 6.23. The van der Waals surface area contributed by atoms with Gasteiger partial charge in [0.25, 0.3) is 11.5 Å². The summed E-state index contributed by atoms with van der Waals surface area (Å²) in [5.74, 6) is -0.123. The van der Waals surface area contributed by atoms with E-state index in [2.05, 4.69) is 4.90 Å². The third-order valence-electron chi connectivity index (χ3n) is 5.64. The van der Waals surface area contributed by atoms with Gasteiger partial charge < -0.3 is 14.2 Å². The standard InChI is InChI=1S/C23H27N3O3S2/c1-5-10-26-22(28)19(31-23(26)30)11-17-20(25-12-14(2)29-15(3)13-25)16-8-6-7-9-18(16)24(4)21(17)27/h6-9,11,14-15H,5,10,12-13H2,1-4H3. The molecule has 0 spiro atoms. The van der Waals surface area contributed by atoms with E-state index in [0.717, 1.165) is 23.0 Å². The van der Waals surface area contributed by atoms with Crippen LogP contribution >= 0.6 is 24.0 Å². The lowest BCUT2D eigenvalue weighted by Gasteiger charge is -2.38. The predicted octanol–water partition coefficient (Wildman–Crippen LogP) is 3.76. The summed E-state index contributed by atoms with van der Waals surface area (Å²) in [5, 5.41) is 0.987. The number of ether oxygens (including phenoxy) is 1. The third kappa shape index (κ3) is 4.04. The summed E-state index contributed by atoms with van der Waals surface area (Å²) >= 11 is 6.69. The minimum atomic E-state index is -0.124. The minimum absolute atomic E-state index is 0.0437. The van der Waals surface area contributed by atoms with Crippen molar-refractivity contribution in [1.82, 2.24) is 9.47 Å². The molecule has 0 radical (unpaired) electrons. The van der Waals surface area contributed by atoms with Crippen LogP contribution in [0, 0.1) is 0 Å². The number of carbonyl (C=O) groups excluding carboxylic acids is 1. The number of hydrogen-bond acceptors (Lipinski definition) is 6. The van der Waals surface area contributed by atoms with E-state index < -0.39 is 0 Å². The number of morpholine rings is 1. The molecule has 31 heavy (non-hydrogen) atoms. The van der Waals surface area contributed by atoms with Crippen LogP contribution in [0.3, 0.4) is 0 Å². The Balaban J connectivity index is 1.93. The fourth-order valence-corrected chi connectivity index (χ4v) is 5.67. The Morgan fingerprint density at radius 3 is 2.55 bits per heavy atom. The molecule has 2 atom stereocenters. The lowest BCUT2D eigenvalue weighted by Crippen LogP contribution is -2.46. The molecule has 1 aromatic carbocycles. The molecule has 1 aromatic heterocycles. The van der Waals surface area contributed by atoms with Gasteiger partial charge in [0.2, 0.25) is 0 Å². The van der Waals surface area contributed by atoms with Gasteiger partial charge >= 0.3 is 0 Å². The van der Waals surface area contributed by atoms with Gasteiger partial charge in [-0.05, 0) is 32.4 Å². The highest BCUT2D eigenvalue weighted by Crippen LogP contribution is 2.36. The Hall–Kier alpha value is -2.16. The number of fused-ring (bicyclic) bond motifs is 1. The molecule has 0 bridgehead atoms. The van der Waals surface area contributed by atoms with E-state index in [0.29, 0.717) is 34.4 Å². The molecule has 3 heterocycles. The number of aryl methyl sites for hydroxylation is 1. The Bertz CT molecular complexity index is 1130. The highest BCUT2D eigenvalue weighted by atomic mass is 32.2. The average Bonchev–Trinajstić information content (AvgIpc) is 2.99. The predicted molar refractivity (Wildman–Crippen MR) is 132 cm³/mol. The van der Waals surface area contributed by atoms with Crippen molar-refractivity contribution >= 4 is 56.9 Å². The van der Waals surface area contributed by atoms with E-state index in [1.54, 1.807) is 22.6 Å². The van der Waals surface area contributed by atoms with Crippen LogP contribution in [0.25, 0.3) is 17.0 Å². The first kappa shape index (κ1) is 22.0. The summed E-state index contributed by atoms with van der Waals surface area (Å²) < 4.78 is 8.13. The zero-order valence-corrected chi connectivity index (χ0v) is 19.9. The van der Waals surface area contributed by atoms with Crippen molar-refractivity contribution in [2.45, 2.75) is 39.4 Å². The van der Waals surface area contributed by atoms with Gasteiger partial charge in [-0.25, -0.2) is 0 Å². The number of thiocarbonyl (C=S) groups is 1. The third-order valence-corrected chi connectivity index (χ3v) is 7.02. The molecular formula is C23H27N3O3S2. The smallest absolute Gasteiger partial charge is 0.266 e. The Morgan fingerprint density at radius 2 is 1.87 bits per heavy atom. The number of benzene rings is 1. The van der Waals surface area contributed by atoms with Crippen molar-refractivity contribution in [3.05, 3.63) is 45.1 Å². The Labute approximate surface area is 191 Å². The molecule has 2 aliphatic rings. The van der Waals surface area contributed by atoms with Crippen molar-refractivity contribution in [1.29, 1.82) is 0 Å². The molecule has 6 nitrogen and oxygen atoms in total. The summed E-state index contributed by atoms with van der Waals surface area (Å²) in [7, 11) is 1.78. The number of rotatable bonds is 4. The van der Waals surface area contributed by atoms with Crippen LogP contribution in [-0.4, -0.2) is 51.5 Å².